The van der Waals surface area contributed by atoms with Crippen LogP contribution in [0, 0.1) is 0 Å². The van der Waals surface area contributed by atoms with E-state index in [1.54, 1.807) is 24.3 Å². The molecule has 140 valence electrons. The van der Waals surface area contributed by atoms with Gasteiger partial charge in [-0.2, -0.15) is 0 Å². The number of anilines is 1. The normalized spacial score (nSPS) is 15.4. The molecule has 1 aliphatic heterocycles. The fourth-order valence-electron chi connectivity index (χ4n) is 3.32. The molecule has 3 rings (SSSR count). The van der Waals surface area contributed by atoms with Gasteiger partial charge < -0.3 is 14.7 Å². The van der Waals surface area contributed by atoms with Gasteiger partial charge in [0.2, 0.25) is 0 Å². The second-order valence-electron chi connectivity index (χ2n) is 7.27. The number of hydrogen-bond donors (Lipinski definition) is 1. The lowest BCUT2D eigenvalue weighted by Crippen LogP contribution is -2.46. The third-order valence-corrected chi connectivity index (χ3v) is 5.02. The lowest BCUT2D eigenvalue weighted by Gasteiger charge is -2.36. The first kappa shape index (κ1) is 18.6. The lowest BCUT2D eigenvalue weighted by atomic mass is 10.0. The van der Waals surface area contributed by atoms with Gasteiger partial charge in [0.1, 0.15) is 11.5 Å². The molecule has 1 aliphatic rings. The Balaban J connectivity index is 1.36. The molecule has 0 atom stereocenters. The molecule has 0 saturated carbocycles. The maximum Gasteiger partial charge on any atom is 0.119 e. The summed E-state index contributed by atoms with van der Waals surface area (Å²) in [6, 6.07) is 16.0. The van der Waals surface area contributed by atoms with E-state index in [1.165, 1.54) is 11.3 Å². The predicted molar refractivity (Wildman–Crippen MR) is 107 cm³/mol. The van der Waals surface area contributed by atoms with Crippen molar-refractivity contribution in [3.63, 3.8) is 0 Å². The van der Waals surface area contributed by atoms with Crippen LogP contribution in [0.4, 0.5) is 5.69 Å². The Bertz CT molecular complexity index is 660. The van der Waals surface area contributed by atoms with Crippen molar-refractivity contribution in [2.75, 3.05) is 44.2 Å². The maximum atomic E-state index is 9.27. The average Bonchev–Trinajstić information content (AvgIpc) is 2.67. The molecule has 1 saturated heterocycles. The standard InChI is InChI=1S/C22H30N2O2/c1-18(2)19-4-6-20(7-5-19)24-15-13-23(14-16-24)12-3-17-26-22-10-8-21(25)9-11-22/h4-11,18,25H,3,12-17H2,1-2H3. The number of hydrogen-bond acceptors (Lipinski definition) is 4. The van der Waals surface area contributed by atoms with E-state index in [9.17, 15) is 5.11 Å². The van der Waals surface area contributed by atoms with E-state index >= 15 is 0 Å². The fourth-order valence-corrected chi connectivity index (χ4v) is 3.32. The quantitative estimate of drug-likeness (QED) is 0.759. The topological polar surface area (TPSA) is 35.9 Å². The molecular formula is C22H30N2O2. The number of phenolic OH excluding ortho intramolecular Hbond substituents is 1. The molecule has 0 bridgehead atoms. The average molecular weight is 354 g/mol. The van der Waals surface area contributed by atoms with Gasteiger partial charge in [-0.15, -0.1) is 0 Å². The van der Waals surface area contributed by atoms with Crippen LogP contribution < -0.4 is 9.64 Å². The number of phenols is 1. The molecule has 0 radical (unpaired) electrons. The summed E-state index contributed by atoms with van der Waals surface area (Å²) in [5, 5.41) is 9.27. The van der Waals surface area contributed by atoms with Gasteiger partial charge in [0.25, 0.3) is 0 Å². The summed E-state index contributed by atoms with van der Waals surface area (Å²) in [7, 11) is 0. The lowest BCUT2D eigenvalue weighted by molar-refractivity contribution is 0.224. The molecule has 4 nitrogen and oxygen atoms in total. The van der Waals surface area contributed by atoms with Crippen LogP contribution >= 0.6 is 0 Å². The van der Waals surface area contributed by atoms with E-state index in [0.29, 0.717) is 12.5 Å². The van der Waals surface area contributed by atoms with Crippen molar-refractivity contribution in [3.8, 4) is 11.5 Å². The highest BCUT2D eigenvalue weighted by Crippen LogP contribution is 2.21. The Morgan fingerprint density at radius 1 is 0.923 bits per heavy atom. The minimum atomic E-state index is 0.272. The van der Waals surface area contributed by atoms with E-state index in [0.717, 1.165) is 44.9 Å². The Kier molecular flexibility index (Phi) is 6.40. The monoisotopic (exact) mass is 354 g/mol. The molecule has 0 aromatic heterocycles. The molecule has 4 heteroatoms. The first-order chi connectivity index (χ1) is 12.6. The van der Waals surface area contributed by atoms with Crippen molar-refractivity contribution in [3.05, 3.63) is 54.1 Å². The van der Waals surface area contributed by atoms with E-state index in [-0.39, 0.29) is 5.75 Å². The van der Waals surface area contributed by atoms with Crippen molar-refractivity contribution in [2.45, 2.75) is 26.2 Å². The van der Waals surface area contributed by atoms with Crippen LogP contribution in [0.1, 0.15) is 31.7 Å². The Labute approximate surface area is 157 Å². The van der Waals surface area contributed by atoms with Gasteiger partial charge in [-0.05, 0) is 54.3 Å². The van der Waals surface area contributed by atoms with Gasteiger partial charge in [0, 0.05) is 38.4 Å². The molecule has 26 heavy (non-hydrogen) atoms. The summed E-state index contributed by atoms with van der Waals surface area (Å²) >= 11 is 0. The van der Waals surface area contributed by atoms with Gasteiger partial charge in [-0.3, -0.25) is 4.90 Å². The molecule has 0 spiro atoms. The fraction of sp³-hybridized carbons (Fsp3) is 0.455. The first-order valence-electron chi connectivity index (χ1n) is 9.61. The van der Waals surface area contributed by atoms with Crippen molar-refractivity contribution >= 4 is 5.69 Å². The van der Waals surface area contributed by atoms with E-state index in [4.69, 9.17) is 4.74 Å². The SMILES string of the molecule is CC(C)c1ccc(N2CCN(CCCOc3ccc(O)cc3)CC2)cc1. The Hall–Kier alpha value is -2.20. The van der Waals surface area contributed by atoms with Crippen LogP contribution in [0.25, 0.3) is 0 Å². The van der Waals surface area contributed by atoms with Gasteiger partial charge in [-0.25, -0.2) is 0 Å². The van der Waals surface area contributed by atoms with E-state index in [2.05, 4.69) is 47.9 Å². The number of benzene rings is 2. The summed E-state index contributed by atoms with van der Waals surface area (Å²) in [6.07, 6.45) is 1.02. The Morgan fingerprint density at radius 2 is 1.58 bits per heavy atom. The van der Waals surface area contributed by atoms with Crippen LogP contribution in [-0.4, -0.2) is 49.3 Å². The third kappa shape index (κ3) is 5.15. The van der Waals surface area contributed by atoms with Crippen molar-refractivity contribution < 1.29 is 9.84 Å². The second kappa shape index (κ2) is 8.95. The zero-order chi connectivity index (χ0) is 18.4. The zero-order valence-corrected chi connectivity index (χ0v) is 15.9. The molecule has 2 aromatic carbocycles. The van der Waals surface area contributed by atoms with Crippen LogP contribution in [0.3, 0.4) is 0 Å². The van der Waals surface area contributed by atoms with E-state index in [1.807, 2.05) is 0 Å². The summed E-state index contributed by atoms with van der Waals surface area (Å²) in [6.45, 7) is 10.6. The van der Waals surface area contributed by atoms with Crippen LogP contribution in [0.2, 0.25) is 0 Å². The minimum Gasteiger partial charge on any atom is -0.508 e. The number of nitrogens with zero attached hydrogens (tertiary/aromatic N) is 2. The van der Waals surface area contributed by atoms with Crippen molar-refractivity contribution in [1.82, 2.24) is 4.90 Å². The van der Waals surface area contributed by atoms with Crippen LogP contribution in [-0.2, 0) is 0 Å². The molecule has 1 N–H and O–H groups in total. The van der Waals surface area contributed by atoms with Crippen LogP contribution in [0.15, 0.2) is 48.5 Å². The molecule has 1 fully saturated rings. The third-order valence-electron chi connectivity index (χ3n) is 5.02. The molecule has 2 aromatic rings. The van der Waals surface area contributed by atoms with Gasteiger partial charge >= 0.3 is 0 Å². The number of piperazine rings is 1. The van der Waals surface area contributed by atoms with Crippen molar-refractivity contribution in [1.29, 1.82) is 0 Å². The van der Waals surface area contributed by atoms with Gasteiger partial charge in [0.05, 0.1) is 6.61 Å². The highest BCUT2D eigenvalue weighted by molar-refractivity contribution is 5.48. The minimum absolute atomic E-state index is 0.272. The molecular weight excluding hydrogens is 324 g/mol. The van der Waals surface area contributed by atoms with E-state index < -0.39 is 0 Å². The van der Waals surface area contributed by atoms with Gasteiger partial charge in [-0.1, -0.05) is 26.0 Å². The highest BCUT2D eigenvalue weighted by Gasteiger charge is 2.16. The summed E-state index contributed by atoms with van der Waals surface area (Å²) in [5.74, 6) is 1.68. The molecule has 0 unspecified atom stereocenters. The second-order valence-corrected chi connectivity index (χ2v) is 7.27. The predicted octanol–water partition coefficient (Wildman–Crippen LogP) is 4.11. The number of aromatic hydroxyl groups is 1. The summed E-state index contributed by atoms with van der Waals surface area (Å²) < 4.78 is 5.72. The largest absolute Gasteiger partial charge is 0.508 e. The summed E-state index contributed by atoms with van der Waals surface area (Å²) in [4.78, 5) is 4.99. The number of ether oxygens (including phenoxy) is 1. The molecule has 0 amide bonds. The first-order valence-corrected chi connectivity index (χ1v) is 9.61. The Morgan fingerprint density at radius 3 is 2.19 bits per heavy atom. The summed E-state index contributed by atoms with van der Waals surface area (Å²) in [5.41, 5.74) is 2.74. The molecule has 0 aliphatic carbocycles. The highest BCUT2D eigenvalue weighted by atomic mass is 16.5. The van der Waals surface area contributed by atoms with Crippen LogP contribution in [0.5, 0.6) is 11.5 Å². The van der Waals surface area contributed by atoms with Crippen molar-refractivity contribution in [2.24, 2.45) is 0 Å². The number of rotatable bonds is 7. The maximum absolute atomic E-state index is 9.27. The zero-order valence-electron chi connectivity index (χ0n) is 15.9. The van der Waals surface area contributed by atoms with Gasteiger partial charge in [0.15, 0.2) is 0 Å². The molecule has 1 heterocycles. The smallest absolute Gasteiger partial charge is 0.119 e.